The summed E-state index contributed by atoms with van der Waals surface area (Å²) in [5, 5.41) is 18.9. The number of aromatic nitrogens is 3. The maximum absolute atomic E-state index is 9.10. The van der Waals surface area contributed by atoms with Gasteiger partial charge in [-0.1, -0.05) is 41.6 Å². The maximum atomic E-state index is 9.10. The first-order valence-corrected chi connectivity index (χ1v) is 8.95. The van der Waals surface area contributed by atoms with Gasteiger partial charge in [-0.15, -0.1) is 0 Å². The Hall–Kier alpha value is -3.59. The van der Waals surface area contributed by atoms with E-state index in [0.29, 0.717) is 5.92 Å². The number of hydrogen-bond acceptors (Lipinski definition) is 7. The van der Waals surface area contributed by atoms with Gasteiger partial charge in [0.05, 0.1) is 5.92 Å². The number of aliphatic carboxylic acids is 2. The topological polar surface area (TPSA) is 130 Å². The number of carboxylic acids is 2. The summed E-state index contributed by atoms with van der Waals surface area (Å²) in [5.41, 5.74) is 2.44. The largest absolute Gasteiger partial charge is 0.473 e. The van der Waals surface area contributed by atoms with Crippen LogP contribution in [0.1, 0.15) is 28.8 Å². The van der Waals surface area contributed by atoms with Crippen LogP contribution in [0, 0.1) is 0 Å². The van der Waals surface area contributed by atoms with Gasteiger partial charge in [0.1, 0.15) is 0 Å². The molecule has 0 radical (unpaired) electrons. The average molecular weight is 396 g/mol. The van der Waals surface area contributed by atoms with E-state index in [9.17, 15) is 0 Å². The second kappa shape index (κ2) is 9.56. The number of pyridine rings is 1. The molecule has 9 heteroatoms. The highest BCUT2D eigenvalue weighted by Gasteiger charge is 2.32. The molecule has 2 N–H and O–H groups in total. The molecule has 0 saturated carbocycles. The quantitative estimate of drug-likeness (QED) is 0.620. The molecule has 1 fully saturated rings. The zero-order valence-corrected chi connectivity index (χ0v) is 15.5. The molecule has 0 spiro atoms. The summed E-state index contributed by atoms with van der Waals surface area (Å²) in [4.78, 5) is 29.3. The van der Waals surface area contributed by atoms with Crippen molar-refractivity contribution in [1.82, 2.24) is 20.0 Å². The molecule has 29 heavy (non-hydrogen) atoms. The van der Waals surface area contributed by atoms with Crippen molar-refractivity contribution in [3.63, 3.8) is 0 Å². The highest BCUT2D eigenvalue weighted by Crippen LogP contribution is 2.27. The van der Waals surface area contributed by atoms with Crippen molar-refractivity contribution in [2.75, 3.05) is 13.1 Å². The Kier molecular flexibility index (Phi) is 6.64. The van der Waals surface area contributed by atoms with Crippen LogP contribution in [0.3, 0.4) is 0 Å². The average Bonchev–Trinajstić information content (AvgIpc) is 3.14. The Morgan fingerprint density at radius 1 is 1.03 bits per heavy atom. The molecule has 0 atom stereocenters. The van der Waals surface area contributed by atoms with E-state index >= 15 is 0 Å². The zero-order chi connectivity index (χ0) is 20.6. The first-order chi connectivity index (χ1) is 14.0. The molecule has 1 saturated heterocycles. The number of hydrogen-bond donors (Lipinski definition) is 2. The fourth-order valence-electron chi connectivity index (χ4n) is 2.89. The van der Waals surface area contributed by atoms with Crippen molar-refractivity contribution < 1.29 is 24.3 Å². The molecule has 0 unspecified atom stereocenters. The second-order valence-electron chi connectivity index (χ2n) is 6.57. The van der Waals surface area contributed by atoms with Crippen molar-refractivity contribution in [2.24, 2.45) is 0 Å². The van der Waals surface area contributed by atoms with Gasteiger partial charge in [0.2, 0.25) is 5.89 Å². The molecule has 3 aromatic rings. The molecular weight excluding hydrogens is 376 g/mol. The highest BCUT2D eigenvalue weighted by molar-refractivity contribution is 6.27. The molecule has 150 valence electrons. The number of likely N-dealkylation sites (tertiary alicyclic amines) is 1. The summed E-state index contributed by atoms with van der Waals surface area (Å²) in [6, 6.07) is 14.3. The third-order valence-electron chi connectivity index (χ3n) is 4.31. The van der Waals surface area contributed by atoms with Crippen LogP contribution in [0.5, 0.6) is 0 Å². The molecule has 0 bridgehead atoms. The molecule has 0 amide bonds. The molecule has 1 aromatic carbocycles. The lowest BCUT2D eigenvalue weighted by Crippen LogP contribution is -2.44. The monoisotopic (exact) mass is 396 g/mol. The van der Waals surface area contributed by atoms with Crippen LogP contribution in [-0.4, -0.2) is 55.3 Å². The van der Waals surface area contributed by atoms with Crippen LogP contribution in [0.15, 0.2) is 59.4 Å². The molecule has 1 aliphatic rings. The summed E-state index contributed by atoms with van der Waals surface area (Å²) in [6.45, 7) is 2.85. The molecular formula is C20H20N4O5. The summed E-state index contributed by atoms with van der Waals surface area (Å²) in [6.07, 6.45) is 4.43. The van der Waals surface area contributed by atoms with Gasteiger partial charge in [0, 0.05) is 38.4 Å². The summed E-state index contributed by atoms with van der Waals surface area (Å²) in [5.74, 6) is -1.77. The Bertz CT molecular complexity index is 928. The first kappa shape index (κ1) is 20.2. The lowest BCUT2D eigenvalue weighted by molar-refractivity contribution is -0.159. The Morgan fingerprint density at radius 3 is 2.34 bits per heavy atom. The molecule has 4 rings (SSSR count). The number of nitrogens with zero attached hydrogens (tertiary/aromatic N) is 4. The van der Waals surface area contributed by atoms with Gasteiger partial charge in [-0.25, -0.2) is 9.59 Å². The molecule has 0 aliphatic carbocycles. The van der Waals surface area contributed by atoms with Crippen LogP contribution in [0.4, 0.5) is 0 Å². The van der Waals surface area contributed by atoms with E-state index in [4.69, 9.17) is 24.3 Å². The number of carboxylic acid groups (broad SMARTS) is 2. The van der Waals surface area contributed by atoms with Gasteiger partial charge >= 0.3 is 11.9 Å². The fraction of sp³-hybridized carbons (Fsp3) is 0.250. The number of benzene rings is 1. The highest BCUT2D eigenvalue weighted by atomic mass is 16.5. The standard InChI is InChI=1S/C18H18N4O.C2H2O4/c1-2-5-14(6-3-1)9-17-20-18(23-21-17)16-12-22(13-16)11-15-7-4-8-19-10-15;3-1(4)2(5)6/h1-8,10,16H,9,11-13H2;(H,3,4)(H,5,6). The third-order valence-corrected chi connectivity index (χ3v) is 4.31. The Labute approximate surface area is 166 Å². The van der Waals surface area contributed by atoms with Crippen LogP contribution in [0.25, 0.3) is 0 Å². The SMILES string of the molecule is O=C(O)C(=O)O.c1ccc(Cc2noc(C3CN(Cc4cccnc4)C3)n2)cc1. The van der Waals surface area contributed by atoms with Crippen molar-refractivity contribution in [2.45, 2.75) is 18.9 Å². The van der Waals surface area contributed by atoms with E-state index < -0.39 is 11.9 Å². The maximum Gasteiger partial charge on any atom is 0.414 e. The summed E-state index contributed by atoms with van der Waals surface area (Å²) in [7, 11) is 0. The molecule has 9 nitrogen and oxygen atoms in total. The van der Waals surface area contributed by atoms with Gasteiger partial charge in [-0.2, -0.15) is 4.98 Å². The molecule has 1 aliphatic heterocycles. The Balaban J connectivity index is 0.000000353. The van der Waals surface area contributed by atoms with Crippen molar-refractivity contribution in [3.05, 3.63) is 77.7 Å². The minimum absolute atomic E-state index is 0.351. The zero-order valence-electron chi connectivity index (χ0n) is 15.5. The normalized spacial score (nSPS) is 13.8. The van der Waals surface area contributed by atoms with Crippen molar-refractivity contribution in [1.29, 1.82) is 0 Å². The van der Waals surface area contributed by atoms with Crippen LogP contribution in [0.2, 0.25) is 0 Å². The second-order valence-corrected chi connectivity index (χ2v) is 6.57. The van der Waals surface area contributed by atoms with Crippen LogP contribution < -0.4 is 0 Å². The van der Waals surface area contributed by atoms with Gasteiger partial charge in [-0.05, 0) is 17.2 Å². The third kappa shape index (κ3) is 5.94. The smallest absolute Gasteiger partial charge is 0.414 e. The Morgan fingerprint density at radius 2 is 1.72 bits per heavy atom. The molecule has 3 heterocycles. The van der Waals surface area contributed by atoms with E-state index in [2.05, 4.69) is 38.2 Å². The minimum atomic E-state index is -1.82. The summed E-state index contributed by atoms with van der Waals surface area (Å²) < 4.78 is 5.44. The minimum Gasteiger partial charge on any atom is -0.473 e. The van der Waals surface area contributed by atoms with Crippen LogP contribution in [-0.2, 0) is 22.6 Å². The lowest BCUT2D eigenvalue weighted by atomic mass is 9.99. The van der Waals surface area contributed by atoms with Crippen molar-refractivity contribution in [3.8, 4) is 0 Å². The van der Waals surface area contributed by atoms with E-state index in [1.165, 1.54) is 11.1 Å². The summed E-state index contributed by atoms with van der Waals surface area (Å²) >= 11 is 0. The lowest BCUT2D eigenvalue weighted by Gasteiger charge is -2.36. The van der Waals surface area contributed by atoms with Crippen molar-refractivity contribution >= 4 is 11.9 Å². The van der Waals surface area contributed by atoms with E-state index in [1.807, 2.05) is 30.5 Å². The fourth-order valence-corrected chi connectivity index (χ4v) is 2.89. The molecule has 2 aromatic heterocycles. The van der Waals surface area contributed by atoms with E-state index in [0.717, 1.165) is 37.8 Å². The van der Waals surface area contributed by atoms with E-state index in [-0.39, 0.29) is 0 Å². The predicted octanol–water partition coefficient (Wildman–Crippen LogP) is 1.81. The van der Waals surface area contributed by atoms with Gasteiger partial charge in [0.15, 0.2) is 5.82 Å². The number of rotatable bonds is 5. The number of carbonyl (C=O) groups is 2. The van der Waals surface area contributed by atoms with Gasteiger partial charge < -0.3 is 14.7 Å². The first-order valence-electron chi connectivity index (χ1n) is 8.95. The van der Waals surface area contributed by atoms with Crippen LogP contribution >= 0.6 is 0 Å². The van der Waals surface area contributed by atoms with E-state index in [1.54, 1.807) is 6.20 Å². The van der Waals surface area contributed by atoms with Gasteiger partial charge in [-0.3, -0.25) is 9.88 Å². The van der Waals surface area contributed by atoms with Gasteiger partial charge in [0.25, 0.3) is 0 Å². The predicted molar refractivity (Wildman–Crippen MR) is 101 cm³/mol.